The summed E-state index contributed by atoms with van der Waals surface area (Å²) in [7, 11) is 0. The van der Waals surface area contributed by atoms with Crippen molar-refractivity contribution in [3.63, 3.8) is 0 Å². The van der Waals surface area contributed by atoms with Crippen molar-refractivity contribution >= 4 is 22.5 Å². The van der Waals surface area contributed by atoms with Crippen LogP contribution in [0.4, 0.5) is 5.95 Å². The van der Waals surface area contributed by atoms with E-state index in [-0.39, 0.29) is 0 Å². The molecule has 0 aliphatic heterocycles. The van der Waals surface area contributed by atoms with Crippen LogP contribution >= 0.6 is 0 Å². The number of hydrogen-bond donors (Lipinski definition) is 1. The van der Waals surface area contributed by atoms with Crippen LogP contribution in [0.2, 0.25) is 0 Å². The lowest BCUT2D eigenvalue weighted by Crippen LogP contribution is -2.01. The SMILES string of the molecule is Nc1nnc2c3ccccc3nc(-c3ccccc3)n12. The molecule has 0 aliphatic carbocycles. The smallest absolute Gasteiger partial charge is 0.228 e. The molecule has 0 saturated heterocycles. The van der Waals surface area contributed by atoms with Gasteiger partial charge in [0.25, 0.3) is 0 Å². The van der Waals surface area contributed by atoms with E-state index in [4.69, 9.17) is 10.7 Å². The molecule has 0 amide bonds. The van der Waals surface area contributed by atoms with Crippen molar-refractivity contribution in [1.29, 1.82) is 0 Å². The summed E-state index contributed by atoms with van der Waals surface area (Å²) in [6, 6.07) is 17.8. The van der Waals surface area contributed by atoms with Gasteiger partial charge in [0.1, 0.15) is 5.82 Å². The Morgan fingerprint density at radius 3 is 2.45 bits per heavy atom. The summed E-state index contributed by atoms with van der Waals surface area (Å²) in [5.74, 6) is 1.10. The van der Waals surface area contributed by atoms with Crippen LogP contribution < -0.4 is 5.73 Å². The van der Waals surface area contributed by atoms with Gasteiger partial charge < -0.3 is 5.73 Å². The van der Waals surface area contributed by atoms with Crippen LogP contribution in [0.15, 0.2) is 54.6 Å². The summed E-state index contributed by atoms with van der Waals surface area (Å²) < 4.78 is 1.79. The first kappa shape index (κ1) is 10.9. The molecule has 2 N–H and O–H groups in total. The van der Waals surface area contributed by atoms with Gasteiger partial charge in [-0.3, -0.25) is 0 Å². The third-order valence-electron chi connectivity index (χ3n) is 3.30. The highest BCUT2D eigenvalue weighted by molar-refractivity contribution is 5.93. The minimum Gasteiger partial charge on any atom is -0.368 e. The molecule has 0 aliphatic rings. The predicted octanol–water partition coefficient (Wildman–Crippen LogP) is 2.53. The van der Waals surface area contributed by atoms with Crippen molar-refractivity contribution < 1.29 is 0 Å². The Morgan fingerprint density at radius 1 is 0.850 bits per heavy atom. The highest BCUT2D eigenvalue weighted by Gasteiger charge is 2.13. The van der Waals surface area contributed by atoms with Crippen molar-refractivity contribution in [2.24, 2.45) is 0 Å². The fraction of sp³-hybridized carbons (Fsp3) is 0. The van der Waals surface area contributed by atoms with E-state index in [1.807, 2.05) is 54.6 Å². The molecule has 5 heteroatoms. The third kappa shape index (κ3) is 1.46. The molecule has 2 aromatic carbocycles. The molecule has 4 rings (SSSR count). The first-order valence-corrected chi connectivity index (χ1v) is 6.29. The fourth-order valence-electron chi connectivity index (χ4n) is 2.38. The van der Waals surface area contributed by atoms with Crippen molar-refractivity contribution in [3.05, 3.63) is 54.6 Å². The summed E-state index contributed by atoms with van der Waals surface area (Å²) in [6.07, 6.45) is 0. The molecule has 96 valence electrons. The second kappa shape index (κ2) is 4.03. The zero-order valence-corrected chi connectivity index (χ0v) is 10.6. The van der Waals surface area contributed by atoms with E-state index in [0.29, 0.717) is 5.95 Å². The minimum absolute atomic E-state index is 0.345. The molecule has 0 radical (unpaired) electrons. The number of nitrogen functional groups attached to an aromatic ring is 1. The molecule has 4 aromatic rings. The Kier molecular flexibility index (Phi) is 2.20. The largest absolute Gasteiger partial charge is 0.368 e. The minimum atomic E-state index is 0.345. The lowest BCUT2D eigenvalue weighted by atomic mass is 10.2. The van der Waals surface area contributed by atoms with Crippen molar-refractivity contribution in [2.75, 3.05) is 5.73 Å². The van der Waals surface area contributed by atoms with E-state index in [1.165, 1.54) is 0 Å². The van der Waals surface area contributed by atoms with Gasteiger partial charge in [-0.25, -0.2) is 9.38 Å². The molecule has 2 heterocycles. The van der Waals surface area contributed by atoms with Gasteiger partial charge in [-0.15, -0.1) is 10.2 Å². The van der Waals surface area contributed by atoms with E-state index in [2.05, 4.69) is 10.2 Å². The quantitative estimate of drug-likeness (QED) is 0.571. The molecule has 0 fully saturated rings. The molecule has 5 nitrogen and oxygen atoms in total. The normalized spacial score (nSPS) is 11.2. The van der Waals surface area contributed by atoms with Crippen LogP contribution in [0, 0.1) is 0 Å². The summed E-state index contributed by atoms with van der Waals surface area (Å²) in [6.45, 7) is 0. The monoisotopic (exact) mass is 261 g/mol. The second-order valence-electron chi connectivity index (χ2n) is 4.54. The number of nitrogens with zero attached hydrogens (tertiary/aromatic N) is 4. The Hall–Kier alpha value is -2.95. The van der Waals surface area contributed by atoms with Gasteiger partial charge in [0, 0.05) is 10.9 Å². The van der Waals surface area contributed by atoms with Crippen LogP contribution in [-0.2, 0) is 0 Å². The highest BCUT2D eigenvalue weighted by Crippen LogP contribution is 2.25. The molecule has 2 aromatic heterocycles. The van der Waals surface area contributed by atoms with Gasteiger partial charge in [0.05, 0.1) is 5.52 Å². The second-order valence-corrected chi connectivity index (χ2v) is 4.54. The lowest BCUT2D eigenvalue weighted by Gasteiger charge is -2.07. The van der Waals surface area contributed by atoms with E-state index in [0.717, 1.165) is 27.9 Å². The Morgan fingerprint density at radius 2 is 1.60 bits per heavy atom. The van der Waals surface area contributed by atoms with Gasteiger partial charge in [0.2, 0.25) is 5.95 Å². The Labute approximate surface area is 114 Å². The maximum atomic E-state index is 5.95. The maximum Gasteiger partial charge on any atom is 0.228 e. The van der Waals surface area contributed by atoms with Gasteiger partial charge >= 0.3 is 0 Å². The van der Waals surface area contributed by atoms with Crippen LogP contribution in [0.3, 0.4) is 0 Å². The van der Waals surface area contributed by atoms with Crippen LogP contribution in [-0.4, -0.2) is 19.6 Å². The van der Waals surface area contributed by atoms with E-state index < -0.39 is 0 Å². The first-order valence-electron chi connectivity index (χ1n) is 6.29. The molecular formula is C15H11N5. The summed E-state index contributed by atoms with van der Waals surface area (Å²) in [4.78, 5) is 4.71. The number of fused-ring (bicyclic) bond motifs is 3. The summed E-state index contributed by atoms with van der Waals surface area (Å²) in [5.41, 5.74) is 8.55. The standard InChI is InChI=1S/C15H11N5/c16-15-19-18-14-11-8-4-5-9-12(11)17-13(20(14)15)10-6-2-1-3-7-10/h1-9H,(H2,16,19). The Balaban J connectivity index is 2.20. The summed E-state index contributed by atoms with van der Waals surface area (Å²) >= 11 is 0. The zero-order chi connectivity index (χ0) is 13.5. The van der Waals surface area contributed by atoms with Gasteiger partial charge in [-0.1, -0.05) is 42.5 Å². The number of hydrogen-bond acceptors (Lipinski definition) is 4. The predicted molar refractivity (Wildman–Crippen MR) is 78.1 cm³/mol. The van der Waals surface area contributed by atoms with Gasteiger partial charge in [-0.05, 0) is 12.1 Å². The van der Waals surface area contributed by atoms with Crippen molar-refractivity contribution in [1.82, 2.24) is 19.6 Å². The number of para-hydroxylation sites is 1. The average molecular weight is 261 g/mol. The zero-order valence-electron chi connectivity index (χ0n) is 10.6. The molecular weight excluding hydrogens is 250 g/mol. The van der Waals surface area contributed by atoms with Gasteiger partial charge in [-0.2, -0.15) is 0 Å². The molecule has 20 heavy (non-hydrogen) atoms. The number of benzene rings is 2. The van der Waals surface area contributed by atoms with Crippen molar-refractivity contribution in [2.45, 2.75) is 0 Å². The maximum absolute atomic E-state index is 5.95. The third-order valence-corrected chi connectivity index (χ3v) is 3.30. The Bertz CT molecular complexity index is 912. The number of rotatable bonds is 1. The number of aromatic nitrogens is 4. The lowest BCUT2D eigenvalue weighted by molar-refractivity contribution is 1.11. The number of anilines is 1. The fourth-order valence-corrected chi connectivity index (χ4v) is 2.38. The van der Waals surface area contributed by atoms with Crippen LogP contribution in [0.5, 0.6) is 0 Å². The average Bonchev–Trinajstić information content (AvgIpc) is 2.90. The molecule has 0 unspecified atom stereocenters. The first-order chi connectivity index (χ1) is 9.84. The highest BCUT2D eigenvalue weighted by atomic mass is 15.3. The van der Waals surface area contributed by atoms with Crippen LogP contribution in [0.25, 0.3) is 27.9 Å². The van der Waals surface area contributed by atoms with Crippen LogP contribution in [0.1, 0.15) is 0 Å². The number of nitrogens with two attached hydrogens (primary N) is 1. The summed E-state index contributed by atoms with van der Waals surface area (Å²) in [5, 5.41) is 9.10. The molecule has 0 bridgehead atoms. The van der Waals surface area contributed by atoms with E-state index >= 15 is 0 Å². The van der Waals surface area contributed by atoms with Crippen molar-refractivity contribution in [3.8, 4) is 11.4 Å². The van der Waals surface area contributed by atoms with E-state index in [9.17, 15) is 0 Å². The van der Waals surface area contributed by atoms with Gasteiger partial charge in [0.15, 0.2) is 5.65 Å². The topological polar surface area (TPSA) is 69.1 Å². The molecule has 0 atom stereocenters. The molecule has 0 spiro atoms. The molecule has 0 saturated carbocycles. The van der Waals surface area contributed by atoms with E-state index in [1.54, 1.807) is 4.40 Å².